The summed E-state index contributed by atoms with van der Waals surface area (Å²) in [6, 6.07) is 7.62. The van der Waals surface area contributed by atoms with E-state index in [1.807, 2.05) is 30.8 Å². The highest BCUT2D eigenvalue weighted by Crippen LogP contribution is 2.25. The minimum absolute atomic E-state index is 0.148. The fourth-order valence-corrected chi connectivity index (χ4v) is 3.81. The van der Waals surface area contributed by atoms with Gasteiger partial charge in [-0.1, -0.05) is 19.1 Å². The molecule has 0 aliphatic heterocycles. The standard InChI is InChI=1S/C19H20FN3OS/c1-4-13-11-16(25-12(13)2)19(24)22-17(18-21-9-10-23(18)3)14-5-7-15(20)8-6-14/h5-11,17H,4H2,1-3H3,(H,22,24)/t17-/m1/s1. The van der Waals surface area contributed by atoms with Crippen molar-refractivity contribution in [1.82, 2.24) is 14.9 Å². The molecule has 0 radical (unpaired) electrons. The Hall–Kier alpha value is -2.47. The van der Waals surface area contributed by atoms with Crippen LogP contribution >= 0.6 is 11.3 Å². The number of carbonyl (C=O) groups excluding carboxylic acids is 1. The van der Waals surface area contributed by atoms with Gasteiger partial charge in [-0.05, 0) is 42.7 Å². The average molecular weight is 357 g/mol. The first-order valence-corrected chi connectivity index (χ1v) is 8.94. The van der Waals surface area contributed by atoms with E-state index in [1.165, 1.54) is 29.0 Å². The number of amides is 1. The highest BCUT2D eigenvalue weighted by molar-refractivity contribution is 7.14. The molecule has 2 heterocycles. The molecule has 3 rings (SSSR count). The molecule has 25 heavy (non-hydrogen) atoms. The number of nitrogens with zero attached hydrogens (tertiary/aromatic N) is 2. The third kappa shape index (κ3) is 3.64. The molecule has 0 aliphatic carbocycles. The van der Waals surface area contributed by atoms with Crippen LogP contribution in [0.2, 0.25) is 0 Å². The fourth-order valence-electron chi connectivity index (χ4n) is 2.79. The van der Waals surface area contributed by atoms with Gasteiger partial charge in [0.1, 0.15) is 17.7 Å². The number of hydrogen-bond acceptors (Lipinski definition) is 3. The molecule has 0 unspecified atom stereocenters. The van der Waals surface area contributed by atoms with Gasteiger partial charge in [0.2, 0.25) is 0 Å². The van der Waals surface area contributed by atoms with Crippen LogP contribution in [0.4, 0.5) is 4.39 Å². The Kier molecular flexibility index (Phi) is 4.99. The Morgan fingerprint density at radius 3 is 2.64 bits per heavy atom. The second-order valence-electron chi connectivity index (χ2n) is 5.90. The van der Waals surface area contributed by atoms with Crippen LogP contribution in [0.25, 0.3) is 0 Å². The van der Waals surface area contributed by atoms with E-state index in [-0.39, 0.29) is 11.7 Å². The highest BCUT2D eigenvalue weighted by atomic mass is 32.1. The quantitative estimate of drug-likeness (QED) is 0.750. The molecule has 0 aliphatic rings. The summed E-state index contributed by atoms with van der Waals surface area (Å²) in [5.41, 5.74) is 1.97. The molecule has 4 nitrogen and oxygen atoms in total. The first-order chi connectivity index (χ1) is 12.0. The van der Waals surface area contributed by atoms with Crippen molar-refractivity contribution in [2.24, 2.45) is 7.05 Å². The Balaban J connectivity index is 1.93. The number of imidazole rings is 1. The third-order valence-corrected chi connectivity index (χ3v) is 5.31. The van der Waals surface area contributed by atoms with E-state index in [2.05, 4.69) is 17.2 Å². The lowest BCUT2D eigenvalue weighted by Gasteiger charge is -2.19. The number of aryl methyl sites for hydroxylation is 3. The second kappa shape index (κ2) is 7.19. The van der Waals surface area contributed by atoms with Gasteiger partial charge in [-0.25, -0.2) is 9.37 Å². The summed E-state index contributed by atoms with van der Waals surface area (Å²) in [6.07, 6.45) is 4.40. The van der Waals surface area contributed by atoms with Crippen molar-refractivity contribution in [3.8, 4) is 0 Å². The normalized spacial score (nSPS) is 12.2. The maximum absolute atomic E-state index is 13.3. The van der Waals surface area contributed by atoms with Crippen LogP contribution in [0.5, 0.6) is 0 Å². The van der Waals surface area contributed by atoms with Crippen LogP contribution in [-0.2, 0) is 13.5 Å². The molecule has 1 amide bonds. The van der Waals surface area contributed by atoms with Crippen LogP contribution < -0.4 is 5.32 Å². The molecular formula is C19H20FN3OS. The number of benzene rings is 1. The van der Waals surface area contributed by atoms with E-state index in [0.29, 0.717) is 10.7 Å². The molecule has 0 saturated carbocycles. The number of hydrogen-bond donors (Lipinski definition) is 1. The second-order valence-corrected chi connectivity index (χ2v) is 7.16. The molecular weight excluding hydrogens is 337 g/mol. The number of rotatable bonds is 5. The van der Waals surface area contributed by atoms with Crippen LogP contribution in [0.15, 0.2) is 42.7 Å². The van der Waals surface area contributed by atoms with Crippen molar-refractivity contribution < 1.29 is 9.18 Å². The maximum Gasteiger partial charge on any atom is 0.262 e. The van der Waals surface area contributed by atoms with Gasteiger partial charge in [-0.15, -0.1) is 11.3 Å². The smallest absolute Gasteiger partial charge is 0.262 e. The lowest BCUT2D eigenvalue weighted by atomic mass is 10.1. The Bertz CT molecular complexity index is 882. The van der Waals surface area contributed by atoms with E-state index in [1.54, 1.807) is 18.3 Å². The van der Waals surface area contributed by atoms with Gasteiger partial charge in [-0.2, -0.15) is 0 Å². The molecule has 6 heteroatoms. The predicted octanol–water partition coefficient (Wildman–Crippen LogP) is 4.01. The lowest BCUT2D eigenvalue weighted by Crippen LogP contribution is -2.30. The summed E-state index contributed by atoms with van der Waals surface area (Å²) in [7, 11) is 1.87. The van der Waals surface area contributed by atoms with Crippen LogP contribution in [0.1, 0.15) is 44.5 Å². The van der Waals surface area contributed by atoms with Gasteiger partial charge >= 0.3 is 0 Å². The van der Waals surface area contributed by atoms with Crippen molar-refractivity contribution in [2.45, 2.75) is 26.3 Å². The van der Waals surface area contributed by atoms with Crippen molar-refractivity contribution in [1.29, 1.82) is 0 Å². The third-order valence-electron chi connectivity index (χ3n) is 4.22. The van der Waals surface area contributed by atoms with Crippen molar-refractivity contribution in [2.75, 3.05) is 0 Å². The van der Waals surface area contributed by atoms with E-state index in [0.717, 1.165) is 16.9 Å². The number of halogens is 1. The summed E-state index contributed by atoms with van der Waals surface area (Å²) in [5.74, 6) is 0.240. The van der Waals surface area contributed by atoms with E-state index in [9.17, 15) is 9.18 Å². The summed E-state index contributed by atoms with van der Waals surface area (Å²) in [5, 5.41) is 3.04. The maximum atomic E-state index is 13.3. The highest BCUT2D eigenvalue weighted by Gasteiger charge is 2.22. The zero-order valence-corrected chi connectivity index (χ0v) is 15.2. The Morgan fingerprint density at radius 2 is 2.08 bits per heavy atom. The first-order valence-electron chi connectivity index (χ1n) is 8.12. The first kappa shape index (κ1) is 17.4. The summed E-state index contributed by atoms with van der Waals surface area (Å²) >= 11 is 1.49. The largest absolute Gasteiger partial charge is 0.337 e. The van der Waals surface area contributed by atoms with Gasteiger partial charge in [0.05, 0.1) is 4.88 Å². The summed E-state index contributed by atoms with van der Waals surface area (Å²) in [4.78, 5) is 19.0. The Labute approximate surface area is 150 Å². The van der Waals surface area contributed by atoms with Crippen molar-refractivity contribution >= 4 is 17.2 Å². The van der Waals surface area contributed by atoms with Crippen LogP contribution in [0, 0.1) is 12.7 Å². The fraction of sp³-hybridized carbons (Fsp3) is 0.263. The minimum Gasteiger partial charge on any atom is -0.337 e. The molecule has 0 bridgehead atoms. The number of thiophene rings is 1. The molecule has 3 aromatic rings. The number of carbonyl (C=O) groups is 1. The molecule has 1 aromatic carbocycles. The predicted molar refractivity (Wildman–Crippen MR) is 97.4 cm³/mol. The topological polar surface area (TPSA) is 46.9 Å². The molecule has 2 aromatic heterocycles. The van der Waals surface area contributed by atoms with Crippen LogP contribution in [0.3, 0.4) is 0 Å². The summed E-state index contributed by atoms with van der Waals surface area (Å²) in [6.45, 7) is 4.10. The van der Waals surface area contributed by atoms with Gasteiger partial charge in [0, 0.05) is 24.3 Å². The van der Waals surface area contributed by atoms with Crippen LogP contribution in [-0.4, -0.2) is 15.5 Å². The van der Waals surface area contributed by atoms with E-state index < -0.39 is 6.04 Å². The molecule has 130 valence electrons. The minimum atomic E-state index is -0.444. The SMILES string of the molecule is CCc1cc(C(=O)N[C@H](c2ccc(F)cc2)c2nccn2C)sc1C. The molecule has 0 spiro atoms. The zero-order chi connectivity index (χ0) is 18.0. The Morgan fingerprint density at radius 1 is 1.36 bits per heavy atom. The average Bonchev–Trinajstić information content (AvgIpc) is 3.19. The van der Waals surface area contributed by atoms with Gasteiger partial charge in [0.25, 0.3) is 5.91 Å². The number of nitrogens with one attached hydrogen (secondary N) is 1. The van der Waals surface area contributed by atoms with Gasteiger partial charge in [0.15, 0.2) is 0 Å². The molecule has 0 saturated heterocycles. The van der Waals surface area contributed by atoms with Crippen molar-refractivity contribution in [3.05, 3.63) is 75.2 Å². The van der Waals surface area contributed by atoms with Crippen molar-refractivity contribution in [3.63, 3.8) is 0 Å². The monoisotopic (exact) mass is 357 g/mol. The molecule has 1 atom stereocenters. The number of aromatic nitrogens is 2. The molecule has 0 fully saturated rings. The lowest BCUT2D eigenvalue weighted by molar-refractivity contribution is 0.0945. The summed E-state index contributed by atoms with van der Waals surface area (Å²) < 4.78 is 15.1. The van der Waals surface area contributed by atoms with Gasteiger partial charge in [-0.3, -0.25) is 4.79 Å². The van der Waals surface area contributed by atoms with E-state index in [4.69, 9.17) is 0 Å². The zero-order valence-electron chi connectivity index (χ0n) is 14.4. The van der Waals surface area contributed by atoms with Gasteiger partial charge < -0.3 is 9.88 Å². The van der Waals surface area contributed by atoms with E-state index >= 15 is 0 Å². The molecule has 1 N–H and O–H groups in total.